The number of carbonyl (C=O) groups is 2. The van der Waals surface area contributed by atoms with E-state index in [1.54, 1.807) is 59.2 Å². The largest absolute Gasteiger partial charge is 0.497 e. The summed E-state index contributed by atoms with van der Waals surface area (Å²) in [4.78, 5) is 41.8. The smallest absolute Gasteiger partial charge is 0.269 e. The van der Waals surface area contributed by atoms with Crippen LogP contribution in [0.25, 0.3) is 0 Å². The van der Waals surface area contributed by atoms with E-state index in [1.807, 2.05) is 67.7 Å². The second-order valence-corrected chi connectivity index (χ2v) is 21.3. The summed E-state index contributed by atoms with van der Waals surface area (Å²) >= 11 is 0. The Balaban J connectivity index is 1.12. The van der Waals surface area contributed by atoms with Crippen molar-refractivity contribution in [1.82, 2.24) is 15.0 Å². The van der Waals surface area contributed by atoms with Crippen LogP contribution in [-0.4, -0.2) is 64.7 Å². The highest BCUT2D eigenvalue weighted by atomic mass is 28.3. The fraction of sp³-hybridized carbons (Fsp3) is 0.277. The molecule has 4 N–H and O–H groups in total. The number of hydrogen-bond donors (Lipinski definition) is 3. The maximum absolute atomic E-state index is 15.3. The number of nitrogens with one attached hydrogen (secondary N) is 1. The van der Waals surface area contributed by atoms with Gasteiger partial charge in [-0.3, -0.25) is 24.4 Å². The van der Waals surface area contributed by atoms with Crippen LogP contribution >= 0.6 is 0 Å². The second kappa shape index (κ2) is 17.0. The Kier molecular flexibility index (Phi) is 11.5. The van der Waals surface area contributed by atoms with E-state index in [1.165, 1.54) is 12.1 Å². The van der Waals surface area contributed by atoms with Crippen LogP contribution in [0.5, 0.6) is 5.75 Å². The van der Waals surface area contributed by atoms with Crippen LogP contribution in [0.1, 0.15) is 52.0 Å². The number of anilines is 3. The first kappa shape index (κ1) is 42.0. The van der Waals surface area contributed by atoms with Gasteiger partial charge in [0.25, 0.3) is 17.5 Å². The minimum absolute atomic E-state index is 0.131. The highest BCUT2D eigenvalue weighted by molar-refractivity contribution is 6.91. The molecule has 14 nitrogen and oxygen atoms in total. The molecule has 2 amide bonds. The van der Waals surface area contributed by atoms with E-state index < -0.39 is 30.6 Å². The number of aliphatic hydroxyl groups excluding tert-OH is 1. The van der Waals surface area contributed by atoms with Gasteiger partial charge in [-0.2, -0.15) is 0 Å². The lowest BCUT2D eigenvalue weighted by Crippen LogP contribution is -2.51. The molecule has 1 fully saturated rings. The highest BCUT2D eigenvalue weighted by Crippen LogP contribution is 2.60. The topological polar surface area (TPSA) is 188 Å². The molecule has 2 aliphatic heterocycles. The van der Waals surface area contributed by atoms with Crippen molar-refractivity contribution in [2.75, 3.05) is 29.7 Å². The number of nitrogens with two attached hydrogens (primary N) is 1. The zero-order chi connectivity index (χ0) is 43.8. The number of aliphatic hydroxyl groups is 1. The van der Waals surface area contributed by atoms with Crippen molar-refractivity contribution in [3.8, 4) is 5.75 Å². The van der Waals surface area contributed by atoms with Crippen molar-refractivity contribution in [3.63, 3.8) is 0 Å². The number of ether oxygens (including phenoxy) is 2. The number of aromatic nitrogens is 3. The summed E-state index contributed by atoms with van der Waals surface area (Å²) in [6.07, 6.45) is 1.87. The number of fused-ring (bicyclic) bond motifs is 2. The number of methoxy groups -OCH3 is 1. The molecule has 0 saturated carbocycles. The fourth-order valence-corrected chi connectivity index (χ4v) is 13.5. The highest BCUT2D eigenvalue weighted by Gasteiger charge is 2.66. The van der Waals surface area contributed by atoms with Gasteiger partial charge < -0.3 is 30.5 Å². The summed E-state index contributed by atoms with van der Waals surface area (Å²) in [5.74, 6) is -0.577. The van der Waals surface area contributed by atoms with Crippen LogP contribution in [-0.2, 0) is 28.2 Å². The van der Waals surface area contributed by atoms with E-state index >= 15 is 4.79 Å². The Morgan fingerprint density at radius 1 is 1.02 bits per heavy atom. The van der Waals surface area contributed by atoms with Crippen LogP contribution in [0.3, 0.4) is 0 Å². The molecular weight excluding hydrogens is 803 g/mol. The van der Waals surface area contributed by atoms with Crippen LogP contribution in [0, 0.1) is 16.0 Å². The molecule has 1 saturated heterocycles. The maximum Gasteiger partial charge on any atom is 0.269 e. The third-order valence-corrected chi connectivity index (χ3v) is 17.1. The van der Waals surface area contributed by atoms with E-state index in [4.69, 9.17) is 15.2 Å². The number of nitrogens with zero attached hydrogens (tertiary/aromatic N) is 5. The number of nitro groups is 1. The lowest BCUT2D eigenvalue weighted by atomic mass is 9.82. The molecule has 0 bridgehead atoms. The molecule has 5 aromatic carbocycles. The Hall–Kier alpha value is -6.68. The number of non-ortho nitro benzene ring substituents is 1. The van der Waals surface area contributed by atoms with Gasteiger partial charge in [0.15, 0.2) is 5.60 Å². The average Bonchev–Trinajstić information content (AvgIpc) is 3.94. The SMILES string of the molecule is COc1ccc([Si](C)(C)[C@H]2[C@H](CCn3cc(C(CO)c4ccccc4)nn3)O[C@@]3(C(=O)N(Cc4ccc(NC(=O)c5ccc(N)cc5)cc4)c4ccc([N+](=O)[O-])cc43)[C@@H]2C)cc1. The third-order valence-electron chi connectivity index (χ3n) is 12.7. The monoisotopic (exact) mass is 851 g/mol. The summed E-state index contributed by atoms with van der Waals surface area (Å²) in [5, 5.41) is 35.6. The summed E-state index contributed by atoms with van der Waals surface area (Å²) in [6.45, 7) is 7.06. The molecule has 8 rings (SSSR count). The third kappa shape index (κ3) is 7.74. The Bertz CT molecular complexity index is 2590. The quantitative estimate of drug-likeness (QED) is 0.0446. The summed E-state index contributed by atoms with van der Waals surface area (Å²) in [5.41, 5.74) is 8.98. The van der Waals surface area contributed by atoms with E-state index in [-0.39, 0.29) is 42.1 Å². The van der Waals surface area contributed by atoms with Crippen LogP contribution in [0.15, 0.2) is 128 Å². The van der Waals surface area contributed by atoms with Gasteiger partial charge in [-0.1, -0.05) is 85.0 Å². The van der Waals surface area contributed by atoms with Gasteiger partial charge in [-0.05, 0) is 77.7 Å². The molecule has 5 atom stereocenters. The van der Waals surface area contributed by atoms with Gasteiger partial charge in [-0.25, -0.2) is 0 Å². The van der Waals surface area contributed by atoms with Crippen molar-refractivity contribution in [2.24, 2.45) is 5.92 Å². The lowest BCUT2D eigenvalue weighted by molar-refractivity contribution is -0.385. The first-order valence-corrected chi connectivity index (χ1v) is 23.7. The normalized spacial score (nSPS) is 20.0. The molecule has 1 spiro atoms. The first-order valence-electron chi connectivity index (χ1n) is 20.6. The molecular formula is C47H49N7O7Si. The Morgan fingerprint density at radius 3 is 2.39 bits per heavy atom. The van der Waals surface area contributed by atoms with Crippen molar-refractivity contribution in [1.29, 1.82) is 0 Å². The van der Waals surface area contributed by atoms with Crippen LogP contribution in [0.2, 0.25) is 18.6 Å². The van der Waals surface area contributed by atoms with Crippen molar-refractivity contribution in [2.45, 2.75) is 62.7 Å². The summed E-state index contributed by atoms with van der Waals surface area (Å²) < 4.78 is 14.5. The Morgan fingerprint density at radius 2 is 1.73 bits per heavy atom. The number of carbonyl (C=O) groups excluding carboxylic acids is 2. The number of rotatable bonds is 14. The molecule has 1 unspecified atom stereocenters. The Labute approximate surface area is 360 Å². The number of amides is 2. The molecule has 3 heterocycles. The number of nitro benzene ring substituents is 1. The average molecular weight is 852 g/mol. The number of benzene rings is 5. The summed E-state index contributed by atoms with van der Waals surface area (Å²) in [7, 11) is -0.906. The molecule has 1 aromatic heterocycles. The molecule has 6 aromatic rings. The van der Waals surface area contributed by atoms with Gasteiger partial charge in [0.2, 0.25) is 0 Å². The van der Waals surface area contributed by atoms with E-state index in [9.17, 15) is 20.0 Å². The van der Waals surface area contributed by atoms with Crippen molar-refractivity contribution >= 4 is 47.8 Å². The van der Waals surface area contributed by atoms with Crippen molar-refractivity contribution in [3.05, 3.63) is 166 Å². The van der Waals surface area contributed by atoms with Gasteiger partial charge >= 0.3 is 0 Å². The molecule has 62 heavy (non-hydrogen) atoms. The predicted octanol–water partition coefficient (Wildman–Crippen LogP) is 7.01. The van der Waals surface area contributed by atoms with Crippen LogP contribution < -0.4 is 25.9 Å². The first-order chi connectivity index (χ1) is 29.8. The molecule has 0 aliphatic carbocycles. The fourth-order valence-electron chi connectivity index (χ4n) is 9.45. The molecule has 15 heteroatoms. The molecule has 318 valence electrons. The van der Waals surface area contributed by atoms with E-state index in [0.717, 1.165) is 22.1 Å². The van der Waals surface area contributed by atoms with Gasteiger partial charge in [-0.15, -0.1) is 5.10 Å². The minimum Gasteiger partial charge on any atom is -0.497 e. The predicted molar refractivity (Wildman–Crippen MR) is 239 cm³/mol. The standard InChI is InChI=1S/C47H49N7O7Si/c1-30-44(62(3,4)38-21-19-37(60-2)20-22-38)43(24-25-52-28-41(50-51-52)39(29-55)32-8-6-5-7-9-32)61-47(30)40-26-36(54(58)59)18-23-42(40)53(46(47)57)27-31-10-16-35(17-11-31)49-45(56)33-12-14-34(48)15-13-33/h5-23,26,28,30,39,43-44,55H,24-25,27,29,48H2,1-4H3,(H,49,56)/t30-,39?,43+,44-,47+/m1/s1. The zero-order valence-electron chi connectivity index (χ0n) is 35.0. The van der Waals surface area contributed by atoms with Gasteiger partial charge in [0.05, 0.1) is 56.7 Å². The second-order valence-electron chi connectivity index (χ2n) is 16.6. The zero-order valence-corrected chi connectivity index (χ0v) is 36.0. The lowest BCUT2D eigenvalue weighted by Gasteiger charge is -2.37. The molecule has 0 radical (unpaired) electrons. The number of aryl methyl sites for hydroxylation is 1. The van der Waals surface area contributed by atoms with Crippen molar-refractivity contribution < 1.29 is 29.1 Å². The van der Waals surface area contributed by atoms with E-state index in [2.05, 4.69) is 40.9 Å². The van der Waals surface area contributed by atoms with E-state index in [0.29, 0.717) is 46.8 Å². The number of hydrogen-bond acceptors (Lipinski definition) is 10. The summed E-state index contributed by atoms with van der Waals surface area (Å²) in [6, 6.07) is 36.2. The van der Waals surface area contributed by atoms with Gasteiger partial charge in [0.1, 0.15) is 5.75 Å². The van der Waals surface area contributed by atoms with Gasteiger partial charge in [0, 0.05) is 53.3 Å². The van der Waals surface area contributed by atoms with Crippen LogP contribution in [0.4, 0.5) is 22.7 Å². The number of nitrogen functional groups attached to an aromatic ring is 1. The maximum atomic E-state index is 15.3. The minimum atomic E-state index is -2.54. The molecule has 2 aliphatic rings.